The quantitative estimate of drug-likeness (QED) is 0.321. The van der Waals surface area contributed by atoms with Gasteiger partial charge in [0.25, 0.3) is 5.91 Å². The average Bonchev–Trinajstić information content (AvgIpc) is 3.46. The van der Waals surface area contributed by atoms with Crippen molar-refractivity contribution in [1.29, 1.82) is 0 Å². The van der Waals surface area contributed by atoms with Gasteiger partial charge in [0.05, 0.1) is 23.5 Å². The van der Waals surface area contributed by atoms with Gasteiger partial charge < -0.3 is 19.1 Å². The van der Waals surface area contributed by atoms with Crippen LogP contribution < -0.4 is 4.90 Å². The number of aromatic nitrogens is 2. The minimum absolute atomic E-state index is 0.0369. The zero-order valence-electron chi connectivity index (χ0n) is 20.5. The normalized spacial score (nSPS) is 13.4. The summed E-state index contributed by atoms with van der Waals surface area (Å²) in [6, 6.07) is 21.5. The third kappa shape index (κ3) is 5.98. The molecule has 0 aliphatic carbocycles. The van der Waals surface area contributed by atoms with Crippen molar-refractivity contribution in [3.8, 4) is 11.3 Å². The van der Waals surface area contributed by atoms with Crippen LogP contribution in [0.4, 0.5) is 5.82 Å². The number of amides is 2. The number of rotatable bonds is 7. The Morgan fingerprint density at radius 1 is 0.895 bits per heavy atom. The predicted octanol–water partition coefficient (Wildman–Crippen LogP) is 5.03. The summed E-state index contributed by atoms with van der Waals surface area (Å²) in [7, 11) is 0. The highest BCUT2D eigenvalue weighted by Crippen LogP contribution is 2.29. The molecule has 3 heterocycles. The predicted molar refractivity (Wildman–Crippen MR) is 146 cm³/mol. The minimum atomic E-state index is -0.217. The van der Waals surface area contributed by atoms with Crippen LogP contribution in [-0.4, -0.2) is 64.5 Å². The molecule has 2 aromatic carbocycles. The Balaban J connectivity index is 1.21. The van der Waals surface area contributed by atoms with Crippen molar-refractivity contribution < 1.29 is 14.0 Å². The van der Waals surface area contributed by atoms with Crippen LogP contribution in [0.2, 0.25) is 10.0 Å². The molecule has 1 aliphatic heterocycles. The lowest BCUT2D eigenvalue weighted by molar-refractivity contribution is -0.132. The Morgan fingerprint density at radius 2 is 1.68 bits per heavy atom. The van der Waals surface area contributed by atoms with Gasteiger partial charge in [-0.3, -0.25) is 9.59 Å². The molecule has 38 heavy (non-hydrogen) atoms. The van der Waals surface area contributed by atoms with E-state index in [1.807, 2.05) is 24.3 Å². The summed E-state index contributed by atoms with van der Waals surface area (Å²) in [6.45, 7) is 2.41. The second-order valence-electron chi connectivity index (χ2n) is 8.88. The molecule has 1 saturated heterocycles. The summed E-state index contributed by atoms with van der Waals surface area (Å²) in [6.07, 6.45) is 1.56. The molecule has 4 aromatic rings. The molecule has 8 nitrogen and oxygen atoms in total. The van der Waals surface area contributed by atoms with Crippen molar-refractivity contribution in [2.24, 2.45) is 0 Å². The van der Waals surface area contributed by atoms with Crippen molar-refractivity contribution in [2.75, 3.05) is 37.6 Å². The average molecular weight is 550 g/mol. The fraction of sp³-hybridized carbons (Fsp3) is 0.214. The molecule has 0 bridgehead atoms. The van der Waals surface area contributed by atoms with E-state index >= 15 is 0 Å². The summed E-state index contributed by atoms with van der Waals surface area (Å²) in [4.78, 5) is 31.8. The van der Waals surface area contributed by atoms with E-state index in [4.69, 9.17) is 27.6 Å². The van der Waals surface area contributed by atoms with E-state index in [1.165, 1.54) is 4.90 Å². The van der Waals surface area contributed by atoms with Crippen LogP contribution in [0.5, 0.6) is 0 Å². The van der Waals surface area contributed by atoms with Gasteiger partial charge in [0.1, 0.15) is 12.3 Å². The van der Waals surface area contributed by atoms with E-state index in [2.05, 4.69) is 15.1 Å². The molecule has 5 rings (SSSR count). The number of piperazine rings is 1. The third-order valence-corrected chi connectivity index (χ3v) is 6.92. The maximum Gasteiger partial charge on any atom is 0.254 e. The molecule has 2 aromatic heterocycles. The van der Waals surface area contributed by atoms with Crippen LogP contribution in [-0.2, 0) is 11.3 Å². The molecule has 0 N–H and O–H groups in total. The minimum Gasteiger partial charge on any atom is -0.467 e. The SMILES string of the molecule is O=C(CN(Cc1ccco1)C(=O)c1ccccc1)N1CCN(c2ccc(-c3ccc(Cl)cc3Cl)nn2)CC1. The number of carbonyl (C=O) groups excluding carboxylic acids is 2. The first-order valence-electron chi connectivity index (χ1n) is 12.2. The van der Waals surface area contributed by atoms with Crippen molar-refractivity contribution in [3.05, 3.63) is 100 Å². The van der Waals surface area contributed by atoms with Crippen molar-refractivity contribution in [1.82, 2.24) is 20.0 Å². The molecule has 1 aliphatic rings. The Hall–Kier alpha value is -3.88. The van der Waals surface area contributed by atoms with Crippen LogP contribution in [0.25, 0.3) is 11.3 Å². The first kappa shape index (κ1) is 25.8. The van der Waals surface area contributed by atoms with Gasteiger partial charge in [0, 0.05) is 42.3 Å². The fourth-order valence-electron chi connectivity index (χ4n) is 4.34. The Bertz CT molecular complexity index is 1390. The fourth-order valence-corrected chi connectivity index (χ4v) is 4.84. The maximum absolute atomic E-state index is 13.2. The van der Waals surface area contributed by atoms with Crippen LogP contribution in [0.1, 0.15) is 16.1 Å². The van der Waals surface area contributed by atoms with Crippen molar-refractivity contribution in [3.63, 3.8) is 0 Å². The number of halogens is 2. The lowest BCUT2D eigenvalue weighted by Gasteiger charge is -2.36. The van der Waals surface area contributed by atoms with E-state index in [1.54, 1.807) is 59.7 Å². The molecule has 0 atom stereocenters. The van der Waals surface area contributed by atoms with Gasteiger partial charge >= 0.3 is 0 Å². The summed E-state index contributed by atoms with van der Waals surface area (Å²) in [5, 5.41) is 9.79. The maximum atomic E-state index is 13.2. The molecule has 0 unspecified atom stereocenters. The molecule has 1 fully saturated rings. The monoisotopic (exact) mass is 549 g/mol. The highest BCUT2D eigenvalue weighted by atomic mass is 35.5. The smallest absolute Gasteiger partial charge is 0.254 e. The number of hydrogen-bond donors (Lipinski definition) is 0. The number of nitrogens with zero attached hydrogens (tertiary/aromatic N) is 5. The third-order valence-electron chi connectivity index (χ3n) is 6.37. The van der Waals surface area contributed by atoms with Gasteiger partial charge in [-0.05, 0) is 54.6 Å². The van der Waals surface area contributed by atoms with Crippen molar-refractivity contribution >= 4 is 40.8 Å². The zero-order chi connectivity index (χ0) is 26.5. The molecule has 0 saturated carbocycles. The van der Waals surface area contributed by atoms with Gasteiger partial charge in [-0.15, -0.1) is 10.2 Å². The van der Waals surface area contributed by atoms with Gasteiger partial charge in [0.15, 0.2) is 5.82 Å². The number of furan rings is 1. The molecule has 2 amide bonds. The summed E-state index contributed by atoms with van der Waals surface area (Å²) >= 11 is 12.3. The van der Waals surface area contributed by atoms with Crippen LogP contribution in [0.3, 0.4) is 0 Å². The topological polar surface area (TPSA) is 82.8 Å². The number of anilines is 1. The van der Waals surface area contributed by atoms with E-state index < -0.39 is 0 Å². The number of benzene rings is 2. The van der Waals surface area contributed by atoms with Gasteiger partial charge in [-0.2, -0.15) is 0 Å². The Labute approximate surface area is 230 Å². The Morgan fingerprint density at radius 3 is 2.34 bits per heavy atom. The van der Waals surface area contributed by atoms with Crippen LogP contribution >= 0.6 is 23.2 Å². The first-order valence-corrected chi connectivity index (χ1v) is 12.9. The number of hydrogen-bond acceptors (Lipinski definition) is 6. The van der Waals surface area contributed by atoms with Gasteiger partial charge in [0.2, 0.25) is 5.91 Å². The molecular formula is C28H25Cl2N5O3. The highest BCUT2D eigenvalue weighted by molar-refractivity contribution is 6.36. The van der Waals surface area contributed by atoms with Crippen LogP contribution in [0, 0.1) is 0 Å². The van der Waals surface area contributed by atoms with Crippen molar-refractivity contribution in [2.45, 2.75) is 6.54 Å². The van der Waals surface area contributed by atoms with E-state index in [-0.39, 0.29) is 24.9 Å². The summed E-state index contributed by atoms with van der Waals surface area (Å²) in [5.74, 6) is 1.02. The molecular weight excluding hydrogens is 525 g/mol. The number of carbonyl (C=O) groups is 2. The van der Waals surface area contributed by atoms with E-state index in [0.29, 0.717) is 53.2 Å². The summed E-state index contributed by atoms with van der Waals surface area (Å²) < 4.78 is 5.44. The lowest BCUT2D eigenvalue weighted by Crippen LogP contribution is -2.52. The second kappa shape index (κ2) is 11.7. The van der Waals surface area contributed by atoms with E-state index in [9.17, 15) is 9.59 Å². The summed E-state index contributed by atoms with van der Waals surface area (Å²) in [5.41, 5.74) is 1.94. The van der Waals surface area contributed by atoms with Crippen LogP contribution in [0.15, 0.2) is 83.5 Å². The highest BCUT2D eigenvalue weighted by Gasteiger charge is 2.26. The first-order chi connectivity index (χ1) is 18.5. The zero-order valence-corrected chi connectivity index (χ0v) is 22.0. The van der Waals surface area contributed by atoms with Gasteiger partial charge in [-0.1, -0.05) is 41.4 Å². The molecule has 0 radical (unpaired) electrons. The largest absolute Gasteiger partial charge is 0.467 e. The second-order valence-corrected chi connectivity index (χ2v) is 9.72. The molecule has 10 heteroatoms. The van der Waals surface area contributed by atoms with Gasteiger partial charge in [-0.25, -0.2) is 0 Å². The van der Waals surface area contributed by atoms with E-state index in [0.717, 1.165) is 11.4 Å². The Kier molecular flexibility index (Phi) is 7.91. The lowest BCUT2D eigenvalue weighted by atomic mass is 10.1. The molecule has 0 spiro atoms. The standard InChI is InChI=1S/C28H25Cl2N5O3/c29-21-8-9-23(24(30)17-21)25-10-11-26(32-31-25)33-12-14-34(15-13-33)27(36)19-35(18-22-7-4-16-38-22)28(37)20-5-2-1-3-6-20/h1-11,16-17H,12-15,18-19H2. The molecule has 194 valence electrons.